The van der Waals surface area contributed by atoms with Crippen LogP contribution in [0.2, 0.25) is 0 Å². The third kappa shape index (κ3) is 3.72. The number of rotatable bonds is 5. The molecule has 1 N–H and O–H groups in total. The second-order valence-corrected chi connectivity index (χ2v) is 7.25. The molecule has 0 fully saturated rings. The second-order valence-electron chi connectivity index (χ2n) is 7.25. The summed E-state index contributed by atoms with van der Waals surface area (Å²) in [5.41, 5.74) is 3.62. The molecule has 0 saturated heterocycles. The number of carboxylic acid groups (broad SMARTS) is 1. The van der Waals surface area contributed by atoms with E-state index in [0.717, 1.165) is 28.2 Å². The Hall–Kier alpha value is -3.80. The van der Waals surface area contributed by atoms with Crippen molar-refractivity contribution in [3.8, 4) is 17.1 Å². The summed E-state index contributed by atoms with van der Waals surface area (Å²) in [4.78, 5) is 15.9. The van der Waals surface area contributed by atoms with Gasteiger partial charge in [0.25, 0.3) is 0 Å². The highest BCUT2D eigenvalue weighted by Gasteiger charge is 2.21. The molecule has 5 nitrogen and oxygen atoms in total. The fourth-order valence-electron chi connectivity index (χ4n) is 3.42. The molecule has 30 heavy (non-hydrogen) atoms. The molecular formula is C24H20FN3O2. The first-order chi connectivity index (χ1) is 14.4. The van der Waals surface area contributed by atoms with E-state index in [1.54, 1.807) is 22.9 Å². The molecular weight excluding hydrogens is 381 g/mol. The van der Waals surface area contributed by atoms with E-state index in [9.17, 15) is 9.18 Å². The maximum Gasteiger partial charge on any atom is 0.328 e. The van der Waals surface area contributed by atoms with Crippen LogP contribution in [0.25, 0.3) is 34.1 Å². The average molecular weight is 401 g/mol. The van der Waals surface area contributed by atoms with E-state index in [-0.39, 0.29) is 11.7 Å². The van der Waals surface area contributed by atoms with Gasteiger partial charge in [-0.2, -0.15) is 5.10 Å². The zero-order valence-corrected chi connectivity index (χ0v) is 16.6. The number of halogens is 1. The molecule has 0 radical (unpaired) electrons. The van der Waals surface area contributed by atoms with Crippen LogP contribution in [0.15, 0.2) is 66.7 Å². The molecule has 0 amide bonds. The summed E-state index contributed by atoms with van der Waals surface area (Å²) in [5.74, 6) is -0.754. The molecule has 150 valence electrons. The van der Waals surface area contributed by atoms with Crippen molar-refractivity contribution in [1.29, 1.82) is 0 Å². The number of pyridine rings is 1. The predicted octanol–water partition coefficient (Wildman–Crippen LogP) is 5.45. The van der Waals surface area contributed by atoms with Crippen molar-refractivity contribution in [3.05, 3.63) is 83.8 Å². The Morgan fingerprint density at radius 2 is 1.80 bits per heavy atom. The van der Waals surface area contributed by atoms with Gasteiger partial charge in [0.1, 0.15) is 5.82 Å². The molecule has 2 heterocycles. The molecule has 2 aromatic heterocycles. The van der Waals surface area contributed by atoms with Crippen LogP contribution in [0, 0.1) is 5.82 Å². The average Bonchev–Trinajstić information content (AvgIpc) is 3.12. The zero-order valence-electron chi connectivity index (χ0n) is 16.6. The molecule has 0 atom stereocenters. The van der Waals surface area contributed by atoms with Gasteiger partial charge in [0, 0.05) is 22.6 Å². The van der Waals surface area contributed by atoms with Crippen LogP contribution >= 0.6 is 0 Å². The van der Waals surface area contributed by atoms with Gasteiger partial charge in [-0.1, -0.05) is 32.0 Å². The monoisotopic (exact) mass is 401 g/mol. The Kier molecular flexibility index (Phi) is 5.14. The smallest absolute Gasteiger partial charge is 0.328 e. The molecule has 0 aliphatic rings. The third-order valence-electron chi connectivity index (χ3n) is 4.81. The molecule has 0 spiro atoms. The molecule has 2 aromatic carbocycles. The Labute approximate surface area is 173 Å². The number of carbonyl (C=O) groups is 1. The van der Waals surface area contributed by atoms with Crippen molar-refractivity contribution in [2.75, 3.05) is 0 Å². The standard InChI is InChI=1S/C24H20FN3O2/c1-15(2)23-19(12-14-22(29)30)24(17-7-10-18(25)11-8-17)28(27-23)21-13-9-16-5-3-4-6-20(16)26-21/h3-15H,1-2H3,(H,29,30). The lowest BCUT2D eigenvalue weighted by atomic mass is 9.99. The largest absolute Gasteiger partial charge is 0.478 e. The maximum absolute atomic E-state index is 13.6. The first-order valence-electron chi connectivity index (χ1n) is 9.60. The number of carboxylic acids is 1. The molecule has 4 aromatic rings. The van der Waals surface area contributed by atoms with Crippen LogP contribution in [0.4, 0.5) is 4.39 Å². The number of para-hydroxylation sites is 1. The summed E-state index contributed by atoms with van der Waals surface area (Å²) in [6.07, 6.45) is 2.63. The lowest BCUT2D eigenvalue weighted by Gasteiger charge is -2.09. The molecule has 0 saturated carbocycles. The van der Waals surface area contributed by atoms with Gasteiger partial charge in [0.05, 0.1) is 16.9 Å². The Morgan fingerprint density at radius 1 is 1.07 bits per heavy atom. The topological polar surface area (TPSA) is 68.0 Å². The molecule has 4 rings (SSSR count). The van der Waals surface area contributed by atoms with Crippen LogP contribution in [0.1, 0.15) is 31.0 Å². The van der Waals surface area contributed by atoms with Crippen molar-refractivity contribution in [2.45, 2.75) is 19.8 Å². The van der Waals surface area contributed by atoms with E-state index in [0.29, 0.717) is 17.1 Å². The Morgan fingerprint density at radius 3 is 2.50 bits per heavy atom. The van der Waals surface area contributed by atoms with Crippen LogP contribution in [0.3, 0.4) is 0 Å². The molecule has 0 unspecified atom stereocenters. The minimum absolute atomic E-state index is 0.0411. The number of nitrogens with zero attached hydrogens (tertiary/aromatic N) is 3. The van der Waals surface area contributed by atoms with Gasteiger partial charge in [-0.3, -0.25) is 0 Å². The van der Waals surface area contributed by atoms with Crippen LogP contribution in [-0.2, 0) is 4.79 Å². The number of aliphatic carboxylic acids is 1. The second kappa shape index (κ2) is 7.91. The van der Waals surface area contributed by atoms with E-state index in [1.165, 1.54) is 12.1 Å². The third-order valence-corrected chi connectivity index (χ3v) is 4.81. The van der Waals surface area contributed by atoms with E-state index < -0.39 is 5.97 Å². The van der Waals surface area contributed by atoms with Crippen molar-refractivity contribution in [2.24, 2.45) is 0 Å². The fourth-order valence-corrected chi connectivity index (χ4v) is 3.42. The summed E-state index contributed by atoms with van der Waals surface area (Å²) in [6.45, 7) is 3.99. The van der Waals surface area contributed by atoms with Crippen molar-refractivity contribution >= 4 is 22.9 Å². The number of fused-ring (bicyclic) bond motifs is 1. The van der Waals surface area contributed by atoms with Gasteiger partial charge in [-0.25, -0.2) is 18.9 Å². The highest BCUT2D eigenvalue weighted by Crippen LogP contribution is 2.33. The number of aromatic nitrogens is 3. The van der Waals surface area contributed by atoms with E-state index in [1.807, 2.05) is 50.2 Å². The van der Waals surface area contributed by atoms with E-state index in [4.69, 9.17) is 15.2 Å². The normalized spacial score (nSPS) is 11.6. The minimum Gasteiger partial charge on any atom is -0.478 e. The van der Waals surface area contributed by atoms with Crippen LogP contribution in [-0.4, -0.2) is 25.8 Å². The summed E-state index contributed by atoms with van der Waals surface area (Å²) in [7, 11) is 0. The van der Waals surface area contributed by atoms with Gasteiger partial charge in [-0.15, -0.1) is 0 Å². The quantitative estimate of drug-likeness (QED) is 0.452. The van der Waals surface area contributed by atoms with Gasteiger partial charge in [0.2, 0.25) is 0 Å². The summed E-state index contributed by atoms with van der Waals surface area (Å²) < 4.78 is 15.3. The molecule has 0 aliphatic carbocycles. The predicted molar refractivity (Wildman–Crippen MR) is 115 cm³/mol. The van der Waals surface area contributed by atoms with Crippen LogP contribution in [0.5, 0.6) is 0 Å². The van der Waals surface area contributed by atoms with Crippen LogP contribution < -0.4 is 0 Å². The SMILES string of the molecule is CC(C)c1nn(-c2ccc3ccccc3n2)c(-c2ccc(F)cc2)c1C=CC(=O)O. The Bertz CT molecular complexity index is 1260. The summed E-state index contributed by atoms with van der Waals surface area (Å²) in [6, 6.07) is 17.7. The summed E-state index contributed by atoms with van der Waals surface area (Å²) >= 11 is 0. The summed E-state index contributed by atoms with van der Waals surface area (Å²) in [5, 5.41) is 15.0. The highest BCUT2D eigenvalue weighted by atomic mass is 19.1. The number of hydrogen-bond acceptors (Lipinski definition) is 3. The van der Waals surface area contributed by atoms with E-state index in [2.05, 4.69) is 0 Å². The number of hydrogen-bond donors (Lipinski definition) is 1. The maximum atomic E-state index is 13.6. The van der Waals surface area contributed by atoms with Gasteiger partial charge in [0.15, 0.2) is 5.82 Å². The molecule has 6 heteroatoms. The van der Waals surface area contributed by atoms with Crippen molar-refractivity contribution in [1.82, 2.24) is 14.8 Å². The number of benzene rings is 2. The lowest BCUT2D eigenvalue weighted by Crippen LogP contribution is -2.03. The van der Waals surface area contributed by atoms with E-state index >= 15 is 0 Å². The van der Waals surface area contributed by atoms with Gasteiger partial charge < -0.3 is 5.11 Å². The zero-order chi connectivity index (χ0) is 21.3. The first kappa shape index (κ1) is 19.5. The fraction of sp³-hybridized carbons (Fsp3) is 0.125. The highest BCUT2D eigenvalue weighted by molar-refractivity contribution is 5.88. The first-order valence-corrected chi connectivity index (χ1v) is 9.60. The van der Waals surface area contributed by atoms with Crippen molar-refractivity contribution < 1.29 is 14.3 Å². The minimum atomic E-state index is -1.05. The lowest BCUT2D eigenvalue weighted by molar-refractivity contribution is -0.131. The van der Waals surface area contributed by atoms with Crippen molar-refractivity contribution in [3.63, 3.8) is 0 Å². The molecule has 0 aliphatic heterocycles. The van der Waals surface area contributed by atoms with Gasteiger partial charge >= 0.3 is 5.97 Å². The Balaban J connectivity index is 2.01. The molecule has 0 bridgehead atoms. The van der Waals surface area contributed by atoms with Gasteiger partial charge in [-0.05, 0) is 54.5 Å².